The van der Waals surface area contributed by atoms with Crippen molar-refractivity contribution in [1.29, 1.82) is 0 Å². The van der Waals surface area contributed by atoms with E-state index in [2.05, 4.69) is 0 Å². The molecule has 0 saturated carbocycles. The maximum Gasteiger partial charge on any atom is 0.306 e. The van der Waals surface area contributed by atoms with Crippen LogP contribution in [0, 0.1) is 0 Å². The molecule has 1 aromatic rings. The van der Waals surface area contributed by atoms with Crippen LogP contribution in [0.3, 0.4) is 0 Å². The van der Waals surface area contributed by atoms with Crippen LogP contribution in [-0.2, 0) is 16.1 Å². The summed E-state index contributed by atoms with van der Waals surface area (Å²) in [5.74, 6) is -0.534. The number of Topliss-reactive ketones (excluding diaryl/α,β-unsaturated/α-hetero) is 1. The van der Waals surface area contributed by atoms with E-state index in [0.29, 0.717) is 17.7 Å². The largest absolute Gasteiger partial charge is 0.480 e. The van der Waals surface area contributed by atoms with Gasteiger partial charge in [0.05, 0.1) is 12.2 Å². The summed E-state index contributed by atoms with van der Waals surface area (Å²) in [4.78, 5) is 23.6. The van der Waals surface area contributed by atoms with Gasteiger partial charge in [0.1, 0.15) is 11.9 Å². The topological polar surface area (TPSA) is 93.1 Å². The number of ketones is 1. The summed E-state index contributed by atoms with van der Waals surface area (Å²) in [6.45, 7) is 1.38. The summed E-state index contributed by atoms with van der Waals surface area (Å²) < 4.78 is 11.0. The molecule has 112 valence electrons. The lowest BCUT2D eigenvalue weighted by Gasteiger charge is -2.41. The summed E-state index contributed by atoms with van der Waals surface area (Å²) in [5, 5.41) is 19.5. The summed E-state index contributed by atoms with van der Waals surface area (Å²) in [5.41, 5.74) is -0.449. The van der Waals surface area contributed by atoms with Gasteiger partial charge < -0.3 is 19.7 Å². The lowest BCUT2D eigenvalue weighted by atomic mass is 9.83. The van der Waals surface area contributed by atoms with Gasteiger partial charge in [0.15, 0.2) is 17.5 Å². The van der Waals surface area contributed by atoms with Crippen molar-refractivity contribution < 1.29 is 29.3 Å². The molecule has 0 aliphatic carbocycles. The molecule has 0 radical (unpaired) electrons. The maximum atomic E-state index is 12.3. The van der Waals surface area contributed by atoms with Crippen LogP contribution in [0.25, 0.3) is 0 Å². The average Bonchev–Trinajstić information content (AvgIpc) is 2.91. The molecular formula is C15H16O6. The van der Waals surface area contributed by atoms with Crippen LogP contribution in [0.15, 0.2) is 18.2 Å². The van der Waals surface area contributed by atoms with E-state index in [-0.39, 0.29) is 24.6 Å². The van der Waals surface area contributed by atoms with Gasteiger partial charge in [-0.1, -0.05) is 6.07 Å². The molecule has 0 amide bonds. The first-order valence-corrected chi connectivity index (χ1v) is 6.80. The Labute approximate surface area is 121 Å². The molecule has 1 aromatic carbocycles. The molecule has 1 fully saturated rings. The van der Waals surface area contributed by atoms with Crippen molar-refractivity contribution in [2.75, 3.05) is 0 Å². The van der Waals surface area contributed by atoms with Crippen molar-refractivity contribution in [2.24, 2.45) is 0 Å². The first-order chi connectivity index (χ1) is 9.95. The highest BCUT2D eigenvalue weighted by molar-refractivity contribution is 6.03. The Kier molecular flexibility index (Phi) is 3.22. The third kappa shape index (κ3) is 2.11. The Morgan fingerprint density at radius 2 is 2.14 bits per heavy atom. The molecule has 2 aliphatic rings. The summed E-state index contributed by atoms with van der Waals surface area (Å²) >= 11 is 0. The molecule has 1 saturated heterocycles. The number of cyclic esters (lactones) is 1. The molecule has 6 nitrogen and oxygen atoms in total. The van der Waals surface area contributed by atoms with E-state index in [1.807, 2.05) is 0 Å². The number of benzene rings is 1. The van der Waals surface area contributed by atoms with E-state index >= 15 is 0 Å². The Morgan fingerprint density at radius 1 is 1.38 bits per heavy atom. The zero-order valence-electron chi connectivity index (χ0n) is 11.5. The second-order valence-electron chi connectivity index (χ2n) is 5.56. The number of hydrogen-bond donors (Lipinski definition) is 2. The van der Waals surface area contributed by atoms with E-state index in [9.17, 15) is 19.8 Å². The van der Waals surface area contributed by atoms with Crippen molar-refractivity contribution >= 4 is 11.8 Å². The highest BCUT2D eigenvalue weighted by atomic mass is 16.6. The molecule has 2 N–H and O–H groups in total. The van der Waals surface area contributed by atoms with E-state index in [1.54, 1.807) is 19.1 Å². The summed E-state index contributed by atoms with van der Waals surface area (Å²) in [6.07, 6.45) is -1.43. The minimum absolute atomic E-state index is 0.178. The van der Waals surface area contributed by atoms with Gasteiger partial charge >= 0.3 is 5.97 Å². The molecule has 0 unspecified atom stereocenters. The molecule has 2 aliphatic heterocycles. The van der Waals surface area contributed by atoms with Crippen molar-refractivity contribution in [3.8, 4) is 5.75 Å². The molecular weight excluding hydrogens is 276 g/mol. The minimum atomic E-state index is -1.40. The minimum Gasteiger partial charge on any atom is -0.480 e. The molecule has 3 rings (SSSR count). The number of hydrogen-bond acceptors (Lipinski definition) is 6. The van der Waals surface area contributed by atoms with Gasteiger partial charge in [-0.25, -0.2) is 0 Å². The number of esters is 1. The molecule has 0 bridgehead atoms. The Morgan fingerprint density at radius 3 is 2.76 bits per heavy atom. The fraction of sp³-hybridized carbons (Fsp3) is 0.467. The Hall–Kier alpha value is -1.92. The number of ether oxygens (including phenoxy) is 2. The van der Waals surface area contributed by atoms with Crippen LogP contribution in [0.4, 0.5) is 0 Å². The lowest BCUT2D eigenvalue weighted by Crippen LogP contribution is -2.59. The van der Waals surface area contributed by atoms with Crippen LogP contribution >= 0.6 is 0 Å². The summed E-state index contributed by atoms with van der Waals surface area (Å²) in [7, 11) is 0. The SMILES string of the molecule is C[C@@]1([C@@H]2CCC(=O)O2)Oc2cc(CO)ccc2C(=O)[C@H]1O. The van der Waals surface area contributed by atoms with Crippen LogP contribution in [-0.4, -0.2) is 39.8 Å². The Balaban J connectivity index is 2.01. The van der Waals surface area contributed by atoms with Gasteiger partial charge in [0, 0.05) is 6.42 Å². The Bertz CT molecular complexity index is 610. The number of fused-ring (bicyclic) bond motifs is 1. The maximum absolute atomic E-state index is 12.3. The van der Waals surface area contributed by atoms with E-state index < -0.39 is 23.6 Å². The quantitative estimate of drug-likeness (QED) is 0.775. The standard InChI is InChI=1S/C15H16O6/c1-15(11-4-5-12(17)20-11)14(19)13(18)9-3-2-8(7-16)6-10(9)21-15/h2-3,6,11,14,16,19H,4-5,7H2,1H3/t11-,14+,15-/m0/s1. The molecule has 3 atom stereocenters. The monoisotopic (exact) mass is 292 g/mol. The highest BCUT2D eigenvalue weighted by Gasteiger charge is 2.54. The molecule has 6 heteroatoms. The number of carbonyl (C=O) groups is 2. The van der Waals surface area contributed by atoms with Crippen LogP contribution in [0.1, 0.15) is 35.7 Å². The van der Waals surface area contributed by atoms with Gasteiger partial charge in [0.25, 0.3) is 0 Å². The van der Waals surface area contributed by atoms with Gasteiger partial charge in [-0.3, -0.25) is 9.59 Å². The van der Waals surface area contributed by atoms with Crippen LogP contribution in [0.2, 0.25) is 0 Å². The lowest BCUT2D eigenvalue weighted by molar-refractivity contribution is -0.157. The third-order valence-electron chi connectivity index (χ3n) is 4.14. The van der Waals surface area contributed by atoms with Crippen molar-refractivity contribution in [1.82, 2.24) is 0 Å². The zero-order chi connectivity index (χ0) is 15.2. The smallest absolute Gasteiger partial charge is 0.306 e. The second-order valence-corrected chi connectivity index (χ2v) is 5.56. The van der Waals surface area contributed by atoms with Gasteiger partial charge in [-0.2, -0.15) is 0 Å². The summed E-state index contributed by atoms with van der Waals surface area (Å²) in [6, 6.07) is 4.69. The van der Waals surface area contributed by atoms with Crippen LogP contribution < -0.4 is 4.74 Å². The fourth-order valence-corrected chi connectivity index (χ4v) is 2.82. The van der Waals surface area contributed by atoms with Crippen molar-refractivity contribution in [3.05, 3.63) is 29.3 Å². The average molecular weight is 292 g/mol. The number of rotatable bonds is 2. The number of aliphatic hydroxyl groups is 2. The van der Waals surface area contributed by atoms with Gasteiger partial charge in [-0.15, -0.1) is 0 Å². The molecule has 0 spiro atoms. The highest BCUT2D eigenvalue weighted by Crippen LogP contribution is 2.39. The van der Waals surface area contributed by atoms with E-state index in [4.69, 9.17) is 9.47 Å². The number of carbonyl (C=O) groups excluding carboxylic acids is 2. The van der Waals surface area contributed by atoms with Crippen molar-refractivity contribution in [2.45, 2.75) is 44.2 Å². The normalized spacial score (nSPS) is 31.6. The van der Waals surface area contributed by atoms with E-state index in [1.165, 1.54) is 6.07 Å². The zero-order valence-corrected chi connectivity index (χ0v) is 11.5. The van der Waals surface area contributed by atoms with Crippen LogP contribution in [0.5, 0.6) is 5.75 Å². The first kappa shape index (κ1) is 14.0. The molecule has 21 heavy (non-hydrogen) atoms. The third-order valence-corrected chi connectivity index (χ3v) is 4.14. The second kappa shape index (κ2) is 4.82. The molecule has 2 heterocycles. The van der Waals surface area contributed by atoms with Crippen molar-refractivity contribution in [3.63, 3.8) is 0 Å². The molecule has 0 aromatic heterocycles. The van der Waals surface area contributed by atoms with E-state index in [0.717, 1.165) is 0 Å². The number of aliphatic hydroxyl groups excluding tert-OH is 2. The first-order valence-electron chi connectivity index (χ1n) is 6.80. The fourth-order valence-electron chi connectivity index (χ4n) is 2.82. The van der Waals surface area contributed by atoms with Gasteiger partial charge in [0.2, 0.25) is 0 Å². The van der Waals surface area contributed by atoms with Gasteiger partial charge in [-0.05, 0) is 31.0 Å². The predicted octanol–water partition coefficient (Wildman–Crippen LogP) is 0.579. The predicted molar refractivity (Wildman–Crippen MR) is 70.8 cm³/mol.